The number of nitrogens with one attached hydrogen (secondary N) is 2. The number of aromatic nitrogens is 4. The molecule has 0 bridgehead atoms. The van der Waals surface area contributed by atoms with Gasteiger partial charge in [0.05, 0.1) is 16.8 Å². The largest absolute Gasteiger partial charge is 0.356 e. The third-order valence-corrected chi connectivity index (χ3v) is 3.45. The van der Waals surface area contributed by atoms with Crippen molar-refractivity contribution in [3.8, 4) is 11.4 Å². The molecule has 0 aliphatic carbocycles. The lowest BCUT2D eigenvalue weighted by molar-refractivity contribution is 0.0946. The quantitative estimate of drug-likeness (QED) is 0.694. The van der Waals surface area contributed by atoms with E-state index in [1.807, 2.05) is 18.2 Å². The number of fused-ring (bicyclic) bond motifs is 2. The molecule has 6 nitrogen and oxygen atoms in total. The highest BCUT2D eigenvalue weighted by atomic mass is 16.1. The van der Waals surface area contributed by atoms with Gasteiger partial charge in [0.25, 0.3) is 5.91 Å². The van der Waals surface area contributed by atoms with Crippen LogP contribution in [0.15, 0.2) is 30.7 Å². The van der Waals surface area contributed by atoms with Gasteiger partial charge in [-0.3, -0.25) is 9.78 Å². The molecule has 20 heavy (non-hydrogen) atoms. The van der Waals surface area contributed by atoms with Crippen LogP contribution in [0.1, 0.15) is 16.1 Å². The summed E-state index contributed by atoms with van der Waals surface area (Å²) >= 11 is 0. The Morgan fingerprint density at radius 1 is 1.20 bits per heavy atom. The van der Waals surface area contributed by atoms with Crippen LogP contribution < -0.4 is 5.32 Å². The normalized spacial score (nSPS) is 14.1. The number of H-pyrrole nitrogens is 1. The Labute approximate surface area is 114 Å². The van der Waals surface area contributed by atoms with Crippen molar-refractivity contribution < 1.29 is 4.79 Å². The molecule has 4 rings (SSSR count). The Morgan fingerprint density at radius 3 is 3.05 bits per heavy atom. The van der Waals surface area contributed by atoms with Gasteiger partial charge < -0.3 is 10.3 Å². The van der Waals surface area contributed by atoms with Crippen LogP contribution in [-0.2, 0) is 6.42 Å². The van der Waals surface area contributed by atoms with Crippen LogP contribution in [0.3, 0.4) is 0 Å². The number of carbonyl (C=O) groups is 1. The summed E-state index contributed by atoms with van der Waals surface area (Å²) in [5.74, 6) is -0.0416. The van der Waals surface area contributed by atoms with Crippen LogP contribution in [0.4, 0.5) is 0 Å². The van der Waals surface area contributed by atoms with E-state index in [2.05, 4.69) is 25.3 Å². The van der Waals surface area contributed by atoms with Crippen LogP contribution in [0.25, 0.3) is 22.4 Å². The molecule has 0 saturated heterocycles. The first-order valence-corrected chi connectivity index (χ1v) is 6.39. The molecule has 6 heteroatoms. The van der Waals surface area contributed by atoms with Gasteiger partial charge in [0.15, 0.2) is 0 Å². The Kier molecular flexibility index (Phi) is 2.29. The number of rotatable bonds is 1. The average molecular weight is 265 g/mol. The molecule has 0 fully saturated rings. The van der Waals surface area contributed by atoms with Gasteiger partial charge in [0.1, 0.15) is 17.5 Å². The highest BCUT2D eigenvalue weighted by molar-refractivity contribution is 5.98. The third kappa shape index (κ3) is 1.58. The van der Waals surface area contributed by atoms with Crippen LogP contribution in [0, 0.1) is 0 Å². The molecule has 98 valence electrons. The smallest absolute Gasteiger partial charge is 0.253 e. The van der Waals surface area contributed by atoms with Crippen molar-refractivity contribution in [2.75, 3.05) is 6.54 Å². The lowest BCUT2D eigenvalue weighted by Crippen LogP contribution is -2.31. The Bertz CT molecular complexity index is 818. The first-order chi connectivity index (χ1) is 9.83. The summed E-state index contributed by atoms with van der Waals surface area (Å²) in [5, 5.41) is 2.83. The summed E-state index contributed by atoms with van der Waals surface area (Å²) in [6.07, 6.45) is 4.03. The van der Waals surface area contributed by atoms with Gasteiger partial charge in [-0.25, -0.2) is 9.97 Å². The van der Waals surface area contributed by atoms with Crippen LogP contribution in [0.5, 0.6) is 0 Å². The molecule has 4 heterocycles. The minimum absolute atomic E-state index is 0.0416. The first-order valence-electron chi connectivity index (χ1n) is 6.39. The zero-order valence-corrected chi connectivity index (χ0v) is 10.6. The van der Waals surface area contributed by atoms with Crippen molar-refractivity contribution in [2.45, 2.75) is 6.42 Å². The zero-order valence-electron chi connectivity index (χ0n) is 10.6. The Balaban J connectivity index is 1.94. The van der Waals surface area contributed by atoms with E-state index < -0.39 is 0 Å². The number of carbonyl (C=O) groups excluding carboxylic acids is 1. The minimum atomic E-state index is -0.0416. The van der Waals surface area contributed by atoms with Gasteiger partial charge in [0, 0.05) is 24.9 Å². The molecule has 0 saturated carbocycles. The van der Waals surface area contributed by atoms with Crippen molar-refractivity contribution in [2.24, 2.45) is 0 Å². The predicted octanol–water partition coefficient (Wildman–Crippen LogP) is 1.31. The monoisotopic (exact) mass is 265 g/mol. The van der Waals surface area contributed by atoms with E-state index in [1.54, 1.807) is 6.20 Å². The van der Waals surface area contributed by atoms with Gasteiger partial charge >= 0.3 is 0 Å². The molecule has 0 aromatic carbocycles. The van der Waals surface area contributed by atoms with Gasteiger partial charge in [-0.2, -0.15) is 0 Å². The number of amides is 1. The summed E-state index contributed by atoms with van der Waals surface area (Å²) in [6, 6.07) is 5.57. The standard InChI is InChI=1S/C14H11N5O/c20-14-8-6-11(19-9(8)3-5-16-14)13-12-10(17-7-18-13)2-1-4-15-12/h1-2,4,6-7,19H,3,5H2,(H,16,20). The maximum absolute atomic E-state index is 11.8. The van der Waals surface area contributed by atoms with Crippen molar-refractivity contribution in [3.63, 3.8) is 0 Å². The maximum Gasteiger partial charge on any atom is 0.253 e. The fraction of sp³-hybridized carbons (Fsp3) is 0.143. The van der Waals surface area contributed by atoms with Crippen molar-refractivity contribution in [3.05, 3.63) is 42.0 Å². The average Bonchev–Trinajstić information content (AvgIpc) is 2.92. The lowest BCUT2D eigenvalue weighted by Gasteiger charge is -2.10. The fourth-order valence-corrected chi connectivity index (χ4v) is 2.51. The Morgan fingerprint density at radius 2 is 2.15 bits per heavy atom. The molecule has 3 aromatic rings. The first kappa shape index (κ1) is 11.1. The summed E-state index contributed by atoms with van der Waals surface area (Å²) in [5.41, 5.74) is 4.68. The maximum atomic E-state index is 11.8. The van der Waals surface area contributed by atoms with E-state index in [9.17, 15) is 4.79 Å². The zero-order chi connectivity index (χ0) is 13.5. The lowest BCUT2D eigenvalue weighted by atomic mass is 10.1. The minimum Gasteiger partial charge on any atom is -0.356 e. The van der Waals surface area contributed by atoms with E-state index in [0.717, 1.165) is 34.5 Å². The fourth-order valence-electron chi connectivity index (χ4n) is 2.51. The number of hydrogen-bond acceptors (Lipinski definition) is 4. The van der Waals surface area contributed by atoms with E-state index in [1.165, 1.54) is 6.33 Å². The molecule has 1 aliphatic heterocycles. The number of pyridine rings is 1. The number of hydrogen-bond donors (Lipinski definition) is 2. The summed E-state index contributed by atoms with van der Waals surface area (Å²) < 4.78 is 0. The SMILES string of the molecule is O=C1NCCc2[nH]c(-c3ncnc4cccnc34)cc21. The van der Waals surface area contributed by atoms with Crippen molar-refractivity contribution in [1.82, 2.24) is 25.3 Å². The molecule has 0 unspecified atom stereocenters. The van der Waals surface area contributed by atoms with E-state index in [4.69, 9.17) is 0 Å². The van der Waals surface area contributed by atoms with Crippen LogP contribution in [-0.4, -0.2) is 32.4 Å². The van der Waals surface area contributed by atoms with Crippen LogP contribution in [0.2, 0.25) is 0 Å². The molecule has 2 N–H and O–H groups in total. The van der Waals surface area contributed by atoms with Crippen LogP contribution >= 0.6 is 0 Å². The highest BCUT2D eigenvalue weighted by Gasteiger charge is 2.21. The van der Waals surface area contributed by atoms with Crippen molar-refractivity contribution >= 4 is 16.9 Å². The van der Waals surface area contributed by atoms with Gasteiger partial charge in [-0.1, -0.05) is 0 Å². The molecule has 0 radical (unpaired) electrons. The second-order valence-corrected chi connectivity index (χ2v) is 4.67. The van der Waals surface area contributed by atoms with Crippen molar-refractivity contribution in [1.29, 1.82) is 0 Å². The van der Waals surface area contributed by atoms with Gasteiger partial charge in [-0.05, 0) is 18.2 Å². The van der Waals surface area contributed by atoms with E-state index in [-0.39, 0.29) is 5.91 Å². The molecule has 0 atom stereocenters. The number of aromatic amines is 1. The van der Waals surface area contributed by atoms with Gasteiger partial charge in [-0.15, -0.1) is 0 Å². The molecule has 0 spiro atoms. The van der Waals surface area contributed by atoms with Gasteiger partial charge in [0.2, 0.25) is 0 Å². The molecule has 1 amide bonds. The summed E-state index contributed by atoms with van der Waals surface area (Å²) in [4.78, 5) is 27.9. The third-order valence-electron chi connectivity index (χ3n) is 3.45. The summed E-state index contributed by atoms with van der Waals surface area (Å²) in [6.45, 7) is 0.661. The summed E-state index contributed by atoms with van der Waals surface area (Å²) in [7, 11) is 0. The highest BCUT2D eigenvalue weighted by Crippen LogP contribution is 2.26. The molecular weight excluding hydrogens is 254 g/mol. The second kappa shape index (κ2) is 4.12. The topological polar surface area (TPSA) is 83.6 Å². The molecule has 1 aliphatic rings. The predicted molar refractivity (Wildman–Crippen MR) is 73.2 cm³/mol. The second-order valence-electron chi connectivity index (χ2n) is 4.67. The number of nitrogens with zero attached hydrogens (tertiary/aromatic N) is 3. The van der Waals surface area contributed by atoms with E-state index >= 15 is 0 Å². The Hall–Kier alpha value is -2.76. The molecular formula is C14H11N5O. The molecule has 3 aromatic heterocycles. The van der Waals surface area contributed by atoms with E-state index in [0.29, 0.717) is 12.1 Å².